The number of halogens is 1. The summed E-state index contributed by atoms with van der Waals surface area (Å²) in [4.78, 5) is 35.4. The van der Waals surface area contributed by atoms with Crippen molar-refractivity contribution in [1.29, 1.82) is 0 Å². The van der Waals surface area contributed by atoms with Crippen LogP contribution in [0.4, 0.5) is 11.4 Å². The molecule has 6 nitrogen and oxygen atoms in total. The molecule has 2 rings (SSSR count). The maximum atomic E-state index is 12.1. The second kappa shape index (κ2) is 7.81. The van der Waals surface area contributed by atoms with Gasteiger partial charge in [-0.05, 0) is 56.3 Å². The molecule has 1 amide bonds. The molecule has 0 aliphatic carbocycles. The molecule has 0 spiro atoms. The summed E-state index contributed by atoms with van der Waals surface area (Å²) in [5, 5.41) is 2.94. The van der Waals surface area contributed by atoms with Crippen LogP contribution in [0.15, 0.2) is 42.5 Å². The molecule has 7 heteroatoms. The summed E-state index contributed by atoms with van der Waals surface area (Å²) in [6.45, 7) is 2.91. The number of Topliss-reactive ketones (excluding diaryl/α,β-unsaturated/α-hetero) is 1. The van der Waals surface area contributed by atoms with E-state index in [9.17, 15) is 14.4 Å². The molecule has 1 atom stereocenters. The van der Waals surface area contributed by atoms with Crippen LogP contribution in [0.2, 0.25) is 5.02 Å². The first-order valence-electron chi connectivity index (χ1n) is 7.46. The Labute approximate surface area is 149 Å². The molecule has 3 N–H and O–H groups in total. The topological polar surface area (TPSA) is 98.5 Å². The lowest BCUT2D eigenvalue weighted by atomic mass is 10.1. The number of nitrogens with two attached hydrogens (primary N) is 1. The van der Waals surface area contributed by atoms with Crippen LogP contribution >= 0.6 is 11.6 Å². The Morgan fingerprint density at radius 3 is 2.24 bits per heavy atom. The normalized spacial score (nSPS) is 11.5. The van der Waals surface area contributed by atoms with E-state index in [1.807, 2.05) is 0 Å². The molecule has 0 aliphatic heterocycles. The van der Waals surface area contributed by atoms with Gasteiger partial charge in [0.1, 0.15) is 0 Å². The van der Waals surface area contributed by atoms with Gasteiger partial charge in [-0.25, -0.2) is 4.79 Å². The Morgan fingerprint density at radius 1 is 1.08 bits per heavy atom. The van der Waals surface area contributed by atoms with Gasteiger partial charge in [0.05, 0.1) is 16.3 Å². The number of hydrogen-bond acceptors (Lipinski definition) is 5. The third-order valence-corrected chi connectivity index (χ3v) is 3.79. The lowest BCUT2D eigenvalue weighted by Gasteiger charge is -2.14. The molecule has 0 fully saturated rings. The fraction of sp³-hybridized carbons (Fsp3) is 0.167. The molecule has 0 saturated heterocycles. The number of ketones is 1. The predicted molar refractivity (Wildman–Crippen MR) is 95.8 cm³/mol. The number of rotatable bonds is 5. The molecule has 0 saturated carbocycles. The summed E-state index contributed by atoms with van der Waals surface area (Å²) in [5.74, 6) is -1.24. The third-order valence-electron chi connectivity index (χ3n) is 3.44. The number of carbonyl (C=O) groups is 3. The average Bonchev–Trinajstić information content (AvgIpc) is 2.57. The lowest BCUT2D eigenvalue weighted by molar-refractivity contribution is -0.123. The third kappa shape index (κ3) is 4.81. The van der Waals surface area contributed by atoms with E-state index in [0.717, 1.165) is 0 Å². The van der Waals surface area contributed by atoms with Crippen LogP contribution in [0, 0.1) is 0 Å². The minimum Gasteiger partial charge on any atom is -0.449 e. The summed E-state index contributed by atoms with van der Waals surface area (Å²) >= 11 is 5.80. The summed E-state index contributed by atoms with van der Waals surface area (Å²) < 4.78 is 5.12. The molecule has 1 unspecified atom stereocenters. The molecule has 25 heavy (non-hydrogen) atoms. The van der Waals surface area contributed by atoms with Crippen LogP contribution in [-0.4, -0.2) is 23.8 Å². The van der Waals surface area contributed by atoms with Gasteiger partial charge >= 0.3 is 5.97 Å². The van der Waals surface area contributed by atoms with Crippen LogP contribution in [0.3, 0.4) is 0 Å². The molecule has 2 aromatic carbocycles. The highest BCUT2D eigenvalue weighted by atomic mass is 35.5. The minimum absolute atomic E-state index is 0.0672. The second-order valence-corrected chi connectivity index (χ2v) is 5.81. The SMILES string of the molecule is CC(=O)c1ccc(NC(=O)C(C)OC(=O)c2ccc(Cl)c(N)c2)cc1. The number of ether oxygens (including phenoxy) is 1. The van der Waals surface area contributed by atoms with E-state index in [0.29, 0.717) is 16.3 Å². The molecule has 0 heterocycles. The van der Waals surface area contributed by atoms with E-state index in [4.69, 9.17) is 22.1 Å². The first kappa shape index (κ1) is 18.5. The van der Waals surface area contributed by atoms with Crippen LogP contribution in [0.1, 0.15) is 34.6 Å². The Balaban J connectivity index is 1.98. The van der Waals surface area contributed by atoms with Crippen LogP contribution in [-0.2, 0) is 9.53 Å². The smallest absolute Gasteiger partial charge is 0.338 e. The highest BCUT2D eigenvalue weighted by Crippen LogP contribution is 2.20. The second-order valence-electron chi connectivity index (χ2n) is 5.41. The van der Waals surface area contributed by atoms with Crippen molar-refractivity contribution in [2.75, 3.05) is 11.1 Å². The number of hydrogen-bond donors (Lipinski definition) is 2. The molecule has 0 bridgehead atoms. The van der Waals surface area contributed by atoms with Gasteiger partial charge in [0.2, 0.25) is 0 Å². The van der Waals surface area contributed by atoms with Crippen molar-refractivity contribution < 1.29 is 19.1 Å². The Hall–Kier alpha value is -2.86. The Bertz CT molecular complexity index is 818. The van der Waals surface area contributed by atoms with Crippen molar-refractivity contribution >= 4 is 40.6 Å². The highest BCUT2D eigenvalue weighted by molar-refractivity contribution is 6.33. The zero-order valence-corrected chi connectivity index (χ0v) is 14.5. The van der Waals surface area contributed by atoms with Gasteiger partial charge in [-0.15, -0.1) is 0 Å². The molecule has 2 aromatic rings. The van der Waals surface area contributed by atoms with Crippen molar-refractivity contribution in [2.24, 2.45) is 0 Å². The van der Waals surface area contributed by atoms with E-state index < -0.39 is 18.0 Å². The number of nitrogens with one attached hydrogen (secondary N) is 1. The first-order chi connectivity index (χ1) is 11.8. The van der Waals surface area contributed by atoms with E-state index in [1.165, 1.54) is 32.0 Å². The van der Waals surface area contributed by atoms with Gasteiger partial charge in [0.25, 0.3) is 5.91 Å². The average molecular weight is 361 g/mol. The van der Waals surface area contributed by atoms with E-state index in [1.54, 1.807) is 24.3 Å². The Kier molecular flexibility index (Phi) is 5.77. The van der Waals surface area contributed by atoms with E-state index in [2.05, 4.69) is 5.32 Å². The highest BCUT2D eigenvalue weighted by Gasteiger charge is 2.19. The number of nitrogen functional groups attached to an aromatic ring is 1. The van der Waals surface area contributed by atoms with Gasteiger partial charge in [-0.2, -0.15) is 0 Å². The summed E-state index contributed by atoms with van der Waals surface area (Å²) in [5.41, 5.74) is 7.13. The van der Waals surface area contributed by atoms with Crippen LogP contribution < -0.4 is 11.1 Å². The molecule has 0 aromatic heterocycles. The summed E-state index contributed by atoms with van der Waals surface area (Å²) in [6.07, 6.45) is -1.02. The van der Waals surface area contributed by atoms with Crippen molar-refractivity contribution in [2.45, 2.75) is 20.0 Å². The maximum absolute atomic E-state index is 12.1. The quantitative estimate of drug-likeness (QED) is 0.484. The fourth-order valence-corrected chi connectivity index (χ4v) is 2.10. The number of anilines is 2. The van der Waals surface area contributed by atoms with Crippen molar-refractivity contribution in [3.8, 4) is 0 Å². The number of carbonyl (C=O) groups excluding carboxylic acids is 3. The zero-order chi connectivity index (χ0) is 18.6. The molecule has 0 radical (unpaired) electrons. The maximum Gasteiger partial charge on any atom is 0.338 e. The molecule has 0 aliphatic rings. The van der Waals surface area contributed by atoms with Crippen LogP contribution in [0.5, 0.6) is 0 Å². The summed E-state index contributed by atoms with van der Waals surface area (Å²) in [7, 11) is 0. The van der Waals surface area contributed by atoms with Crippen molar-refractivity contribution in [1.82, 2.24) is 0 Å². The van der Waals surface area contributed by atoms with Gasteiger partial charge in [0, 0.05) is 11.3 Å². The zero-order valence-electron chi connectivity index (χ0n) is 13.7. The van der Waals surface area contributed by atoms with Crippen molar-refractivity contribution in [3.05, 3.63) is 58.6 Å². The largest absolute Gasteiger partial charge is 0.449 e. The van der Waals surface area contributed by atoms with Crippen LogP contribution in [0.25, 0.3) is 0 Å². The fourth-order valence-electron chi connectivity index (χ4n) is 1.98. The lowest BCUT2D eigenvalue weighted by Crippen LogP contribution is -2.30. The van der Waals surface area contributed by atoms with Gasteiger partial charge in [-0.1, -0.05) is 11.6 Å². The molecule has 130 valence electrons. The monoisotopic (exact) mass is 360 g/mol. The number of amides is 1. The first-order valence-corrected chi connectivity index (χ1v) is 7.83. The van der Waals surface area contributed by atoms with E-state index >= 15 is 0 Å². The number of esters is 1. The van der Waals surface area contributed by atoms with Gasteiger partial charge in [0.15, 0.2) is 11.9 Å². The standard InChI is InChI=1S/C18H17ClN2O4/c1-10(22)12-3-6-14(7-4-12)21-17(23)11(2)25-18(24)13-5-8-15(19)16(20)9-13/h3-9,11H,20H2,1-2H3,(H,21,23). The molecular weight excluding hydrogens is 344 g/mol. The number of benzene rings is 2. The van der Waals surface area contributed by atoms with Crippen molar-refractivity contribution in [3.63, 3.8) is 0 Å². The minimum atomic E-state index is -1.02. The Morgan fingerprint density at radius 2 is 1.68 bits per heavy atom. The predicted octanol–water partition coefficient (Wildman–Crippen LogP) is 3.31. The van der Waals surface area contributed by atoms with Gasteiger partial charge < -0.3 is 15.8 Å². The van der Waals surface area contributed by atoms with E-state index in [-0.39, 0.29) is 17.0 Å². The summed E-state index contributed by atoms with van der Waals surface area (Å²) in [6, 6.07) is 10.7. The van der Waals surface area contributed by atoms with Gasteiger partial charge in [-0.3, -0.25) is 9.59 Å². The molecular formula is C18H17ClN2O4.